The topological polar surface area (TPSA) is 30.5 Å². The average Bonchev–Trinajstić information content (AvgIpc) is 3.00. The Bertz CT molecular complexity index is 607. The van der Waals surface area contributed by atoms with Gasteiger partial charge < -0.3 is 14.8 Å². The Hall–Kier alpha value is -2.00. The van der Waals surface area contributed by atoms with Gasteiger partial charge in [0, 0.05) is 0 Å². The van der Waals surface area contributed by atoms with Crippen molar-refractivity contribution in [3.63, 3.8) is 0 Å². The van der Waals surface area contributed by atoms with Gasteiger partial charge in [0.15, 0.2) is 11.5 Å². The molecule has 2 aromatic rings. The third-order valence-electron chi connectivity index (χ3n) is 3.86. The molecule has 1 aliphatic rings. The fourth-order valence-corrected chi connectivity index (χ4v) is 2.67. The van der Waals surface area contributed by atoms with Crippen LogP contribution in [0.3, 0.4) is 0 Å². The third kappa shape index (κ3) is 2.88. The SMILES string of the molecule is CCNC(c1ccc(CC)cc1)c1ccc2c(c1)OCO2. The lowest BCUT2D eigenvalue weighted by Gasteiger charge is -2.19. The number of ether oxygens (including phenoxy) is 2. The predicted octanol–water partition coefficient (Wildman–Crippen LogP) is 3.68. The highest BCUT2D eigenvalue weighted by atomic mass is 16.7. The number of benzene rings is 2. The van der Waals surface area contributed by atoms with Crippen LogP contribution in [0.1, 0.15) is 36.6 Å². The van der Waals surface area contributed by atoms with E-state index in [1.165, 1.54) is 16.7 Å². The number of hydrogen-bond acceptors (Lipinski definition) is 3. The zero-order valence-corrected chi connectivity index (χ0v) is 12.6. The van der Waals surface area contributed by atoms with Crippen LogP contribution < -0.4 is 14.8 Å². The van der Waals surface area contributed by atoms with E-state index >= 15 is 0 Å². The quantitative estimate of drug-likeness (QED) is 0.908. The second-order valence-corrected chi connectivity index (χ2v) is 5.20. The van der Waals surface area contributed by atoms with Crippen LogP contribution >= 0.6 is 0 Å². The molecule has 2 aromatic carbocycles. The van der Waals surface area contributed by atoms with Crippen LogP contribution in [0.5, 0.6) is 11.5 Å². The van der Waals surface area contributed by atoms with Gasteiger partial charge in [0.1, 0.15) is 0 Å². The van der Waals surface area contributed by atoms with E-state index in [1.54, 1.807) is 0 Å². The molecule has 1 atom stereocenters. The van der Waals surface area contributed by atoms with Crippen molar-refractivity contribution in [3.05, 3.63) is 59.2 Å². The van der Waals surface area contributed by atoms with Crippen molar-refractivity contribution in [2.24, 2.45) is 0 Å². The minimum Gasteiger partial charge on any atom is -0.454 e. The Morgan fingerprint density at radius 3 is 2.38 bits per heavy atom. The van der Waals surface area contributed by atoms with Crippen LogP contribution in [0, 0.1) is 0 Å². The van der Waals surface area contributed by atoms with E-state index in [0.29, 0.717) is 6.79 Å². The van der Waals surface area contributed by atoms with Crippen LogP contribution in [0.25, 0.3) is 0 Å². The summed E-state index contributed by atoms with van der Waals surface area (Å²) >= 11 is 0. The Balaban J connectivity index is 1.93. The van der Waals surface area contributed by atoms with Gasteiger partial charge >= 0.3 is 0 Å². The molecule has 0 aromatic heterocycles. The van der Waals surface area contributed by atoms with Gasteiger partial charge in [-0.15, -0.1) is 0 Å². The molecule has 1 aliphatic heterocycles. The van der Waals surface area contributed by atoms with Crippen LogP contribution in [-0.4, -0.2) is 13.3 Å². The van der Waals surface area contributed by atoms with E-state index in [-0.39, 0.29) is 6.04 Å². The average molecular weight is 283 g/mol. The monoisotopic (exact) mass is 283 g/mol. The largest absolute Gasteiger partial charge is 0.454 e. The van der Waals surface area contributed by atoms with Gasteiger partial charge in [-0.3, -0.25) is 0 Å². The molecule has 0 fully saturated rings. The molecular formula is C18H21NO2. The van der Waals surface area contributed by atoms with Crippen molar-refractivity contribution in [2.75, 3.05) is 13.3 Å². The molecule has 1 unspecified atom stereocenters. The maximum absolute atomic E-state index is 5.49. The first-order valence-electron chi connectivity index (χ1n) is 7.53. The van der Waals surface area contributed by atoms with Crippen LogP contribution in [-0.2, 0) is 6.42 Å². The van der Waals surface area contributed by atoms with Crippen LogP contribution in [0.4, 0.5) is 0 Å². The van der Waals surface area contributed by atoms with E-state index in [0.717, 1.165) is 24.5 Å². The molecule has 21 heavy (non-hydrogen) atoms. The van der Waals surface area contributed by atoms with E-state index in [2.05, 4.69) is 55.6 Å². The molecule has 1 N–H and O–H groups in total. The molecule has 0 radical (unpaired) electrons. The maximum atomic E-state index is 5.49. The molecule has 3 heteroatoms. The van der Waals surface area contributed by atoms with Gasteiger partial charge in [0.25, 0.3) is 0 Å². The van der Waals surface area contributed by atoms with Gasteiger partial charge in [0.05, 0.1) is 6.04 Å². The first-order chi connectivity index (χ1) is 10.3. The Kier molecular flexibility index (Phi) is 4.11. The molecule has 0 spiro atoms. The minimum absolute atomic E-state index is 0.176. The summed E-state index contributed by atoms with van der Waals surface area (Å²) in [6, 6.07) is 15.2. The minimum atomic E-state index is 0.176. The molecule has 3 nitrogen and oxygen atoms in total. The standard InChI is InChI=1S/C18H21NO2/c1-3-13-5-7-14(8-6-13)18(19-4-2)15-9-10-16-17(11-15)21-12-20-16/h5-11,18-19H,3-4,12H2,1-2H3. The van der Waals surface area contributed by atoms with Gasteiger partial charge in [-0.1, -0.05) is 44.2 Å². The molecule has 0 bridgehead atoms. The van der Waals surface area contributed by atoms with E-state index in [9.17, 15) is 0 Å². The third-order valence-corrected chi connectivity index (χ3v) is 3.86. The summed E-state index contributed by atoms with van der Waals surface area (Å²) in [5.41, 5.74) is 3.83. The zero-order valence-electron chi connectivity index (χ0n) is 12.6. The van der Waals surface area contributed by atoms with E-state index in [4.69, 9.17) is 9.47 Å². The number of rotatable bonds is 5. The Morgan fingerprint density at radius 1 is 0.952 bits per heavy atom. The lowest BCUT2D eigenvalue weighted by molar-refractivity contribution is 0.174. The molecule has 0 aliphatic carbocycles. The fourth-order valence-electron chi connectivity index (χ4n) is 2.67. The van der Waals surface area contributed by atoms with Gasteiger partial charge in [-0.2, -0.15) is 0 Å². The van der Waals surface area contributed by atoms with E-state index in [1.807, 2.05) is 6.07 Å². The lowest BCUT2D eigenvalue weighted by Crippen LogP contribution is -2.21. The highest BCUT2D eigenvalue weighted by molar-refractivity contribution is 5.47. The highest BCUT2D eigenvalue weighted by Gasteiger charge is 2.18. The molecule has 0 saturated carbocycles. The lowest BCUT2D eigenvalue weighted by atomic mass is 9.97. The van der Waals surface area contributed by atoms with Gasteiger partial charge in [0.2, 0.25) is 6.79 Å². The Labute approximate surface area is 125 Å². The van der Waals surface area contributed by atoms with Crippen molar-refractivity contribution < 1.29 is 9.47 Å². The summed E-state index contributed by atoms with van der Waals surface area (Å²) in [6.07, 6.45) is 1.07. The summed E-state index contributed by atoms with van der Waals surface area (Å²) in [5.74, 6) is 1.66. The van der Waals surface area contributed by atoms with Gasteiger partial charge in [-0.05, 0) is 41.8 Å². The summed E-state index contributed by atoms with van der Waals surface area (Å²) in [7, 11) is 0. The van der Waals surface area contributed by atoms with Crippen LogP contribution in [0.2, 0.25) is 0 Å². The second-order valence-electron chi connectivity index (χ2n) is 5.20. The molecule has 110 valence electrons. The second kappa shape index (κ2) is 6.19. The first-order valence-corrected chi connectivity index (χ1v) is 7.53. The molecule has 0 saturated heterocycles. The van der Waals surface area contributed by atoms with Crippen molar-refractivity contribution in [1.82, 2.24) is 5.32 Å². The molecular weight excluding hydrogens is 262 g/mol. The maximum Gasteiger partial charge on any atom is 0.231 e. The number of aryl methyl sites for hydroxylation is 1. The summed E-state index contributed by atoms with van der Waals surface area (Å²) < 4.78 is 10.9. The first kappa shape index (κ1) is 14.0. The normalized spacial score (nSPS) is 14.2. The highest BCUT2D eigenvalue weighted by Crippen LogP contribution is 2.35. The summed E-state index contributed by atoms with van der Waals surface area (Å²) in [4.78, 5) is 0. The van der Waals surface area contributed by atoms with Crippen molar-refractivity contribution in [2.45, 2.75) is 26.3 Å². The molecule has 3 rings (SSSR count). The fraction of sp³-hybridized carbons (Fsp3) is 0.333. The van der Waals surface area contributed by atoms with Gasteiger partial charge in [-0.25, -0.2) is 0 Å². The van der Waals surface area contributed by atoms with Crippen LogP contribution in [0.15, 0.2) is 42.5 Å². The summed E-state index contributed by atoms with van der Waals surface area (Å²) in [6.45, 7) is 5.53. The molecule has 0 amide bonds. The number of hydrogen-bond donors (Lipinski definition) is 1. The zero-order chi connectivity index (χ0) is 14.7. The predicted molar refractivity (Wildman–Crippen MR) is 83.9 cm³/mol. The van der Waals surface area contributed by atoms with Crippen molar-refractivity contribution in [1.29, 1.82) is 0 Å². The summed E-state index contributed by atoms with van der Waals surface area (Å²) in [5, 5.41) is 3.55. The molecule has 1 heterocycles. The van der Waals surface area contributed by atoms with Crippen molar-refractivity contribution >= 4 is 0 Å². The van der Waals surface area contributed by atoms with E-state index < -0.39 is 0 Å². The number of fused-ring (bicyclic) bond motifs is 1. The number of nitrogens with one attached hydrogen (secondary N) is 1. The smallest absolute Gasteiger partial charge is 0.231 e. The Morgan fingerprint density at radius 2 is 1.67 bits per heavy atom. The van der Waals surface area contributed by atoms with Crippen molar-refractivity contribution in [3.8, 4) is 11.5 Å².